The van der Waals surface area contributed by atoms with E-state index in [2.05, 4.69) is 24.1 Å². The van der Waals surface area contributed by atoms with Crippen molar-refractivity contribution >= 4 is 24.8 Å². The van der Waals surface area contributed by atoms with Gasteiger partial charge in [0.15, 0.2) is 0 Å². The zero-order valence-electron chi connectivity index (χ0n) is 6.54. The Balaban J connectivity index is -0.000000245. The predicted molar refractivity (Wildman–Crippen MR) is 49.7 cm³/mol. The van der Waals surface area contributed by atoms with Crippen molar-refractivity contribution in [2.75, 3.05) is 13.1 Å². The van der Waals surface area contributed by atoms with Gasteiger partial charge in [0.1, 0.15) is 0 Å². The van der Waals surface area contributed by atoms with E-state index in [0.29, 0.717) is 0 Å². The van der Waals surface area contributed by atoms with Crippen LogP contribution in [-0.4, -0.2) is 13.1 Å². The van der Waals surface area contributed by atoms with E-state index < -0.39 is 0 Å². The van der Waals surface area contributed by atoms with Gasteiger partial charge in [-0.25, -0.2) is 0 Å². The summed E-state index contributed by atoms with van der Waals surface area (Å²) >= 11 is 0. The molecular formula is C6H16Cl2N2. The first-order chi connectivity index (χ1) is 3.91. The Hall–Kier alpha value is 0.180. The van der Waals surface area contributed by atoms with Crippen LogP contribution in [0.3, 0.4) is 0 Å². The monoisotopic (exact) mass is 186 g/mol. The number of halogens is 2. The summed E-state index contributed by atoms with van der Waals surface area (Å²) in [5.74, 6) is 0. The van der Waals surface area contributed by atoms with Gasteiger partial charge in [-0.1, -0.05) is 13.8 Å². The first-order valence-electron chi connectivity index (χ1n) is 3.25. The lowest BCUT2D eigenvalue weighted by Crippen LogP contribution is -1.75. The Morgan fingerprint density at radius 2 is 1.10 bits per heavy atom. The van der Waals surface area contributed by atoms with Crippen molar-refractivity contribution in [1.29, 1.82) is 0 Å². The van der Waals surface area contributed by atoms with Crippen LogP contribution in [0.25, 0.3) is 0 Å². The van der Waals surface area contributed by atoms with Gasteiger partial charge in [0, 0.05) is 0 Å². The number of rotatable bonds is 4. The molecule has 0 bridgehead atoms. The highest BCUT2D eigenvalue weighted by atomic mass is 35.5. The largest absolute Gasteiger partial charge is 0.194 e. The van der Waals surface area contributed by atoms with E-state index in [1.165, 1.54) is 0 Å². The third-order valence-electron chi connectivity index (χ3n) is 0.747. The maximum absolute atomic E-state index is 3.90. The van der Waals surface area contributed by atoms with Crippen LogP contribution in [0.2, 0.25) is 0 Å². The molecule has 0 saturated heterocycles. The summed E-state index contributed by atoms with van der Waals surface area (Å²) in [7, 11) is 0. The summed E-state index contributed by atoms with van der Waals surface area (Å²) in [5.41, 5.74) is 0. The van der Waals surface area contributed by atoms with Crippen molar-refractivity contribution in [2.45, 2.75) is 26.7 Å². The van der Waals surface area contributed by atoms with Crippen molar-refractivity contribution in [1.82, 2.24) is 0 Å². The van der Waals surface area contributed by atoms with Crippen LogP contribution in [0.5, 0.6) is 0 Å². The second kappa shape index (κ2) is 16.1. The summed E-state index contributed by atoms with van der Waals surface area (Å²) < 4.78 is 0. The van der Waals surface area contributed by atoms with Crippen LogP contribution in [0, 0.1) is 0 Å². The molecule has 0 amide bonds. The topological polar surface area (TPSA) is 24.7 Å². The minimum Gasteiger partial charge on any atom is -0.194 e. The van der Waals surface area contributed by atoms with E-state index in [1.54, 1.807) is 0 Å². The van der Waals surface area contributed by atoms with Gasteiger partial charge in [0.2, 0.25) is 0 Å². The first kappa shape index (κ1) is 16.6. The highest BCUT2D eigenvalue weighted by Crippen LogP contribution is 1.82. The van der Waals surface area contributed by atoms with Crippen molar-refractivity contribution < 1.29 is 0 Å². The molecule has 0 atom stereocenters. The van der Waals surface area contributed by atoms with Crippen molar-refractivity contribution in [3.63, 3.8) is 0 Å². The predicted octanol–water partition coefficient (Wildman–Crippen LogP) is 3.10. The average Bonchev–Trinajstić information content (AvgIpc) is 1.81. The van der Waals surface area contributed by atoms with Gasteiger partial charge in [0.05, 0.1) is 13.1 Å². The normalized spacial score (nSPS) is 8.60. The summed E-state index contributed by atoms with van der Waals surface area (Å²) in [6.45, 7) is 5.98. The fourth-order valence-corrected chi connectivity index (χ4v) is 0.341. The van der Waals surface area contributed by atoms with Crippen LogP contribution < -0.4 is 0 Å². The lowest BCUT2D eigenvalue weighted by Gasteiger charge is -1.83. The maximum Gasteiger partial charge on any atom is 0.0596 e. The smallest absolute Gasteiger partial charge is 0.0596 e. The average molecular weight is 187 g/mol. The Morgan fingerprint density at radius 1 is 0.800 bits per heavy atom. The van der Waals surface area contributed by atoms with Crippen LogP contribution in [-0.2, 0) is 0 Å². The molecule has 10 heavy (non-hydrogen) atoms. The van der Waals surface area contributed by atoms with E-state index in [9.17, 15) is 0 Å². The Kier molecular flexibility index (Phi) is 26.8. The molecule has 0 spiro atoms. The summed E-state index contributed by atoms with van der Waals surface area (Å²) in [5, 5.41) is 7.81. The minimum atomic E-state index is 0. The van der Waals surface area contributed by atoms with Crippen molar-refractivity contribution in [3.05, 3.63) is 0 Å². The molecule has 0 N–H and O–H groups in total. The number of hydrogen-bond acceptors (Lipinski definition) is 2. The quantitative estimate of drug-likeness (QED) is 0.604. The Morgan fingerprint density at radius 3 is 1.30 bits per heavy atom. The summed E-state index contributed by atoms with van der Waals surface area (Å²) in [6, 6.07) is 0. The number of hydrogen-bond donors (Lipinski definition) is 0. The second-order valence-corrected chi connectivity index (χ2v) is 1.73. The Bertz CT molecular complexity index is 58.8. The van der Waals surface area contributed by atoms with Crippen LogP contribution in [0.1, 0.15) is 26.7 Å². The molecule has 0 saturated carbocycles. The number of azo groups is 1. The third kappa shape index (κ3) is 15.7. The molecule has 0 aromatic rings. The van der Waals surface area contributed by atoms with Gasteiger partial charge in [0.25, 0.3) is 0 Å². The van der Waals surface area contributed by atoms with Gasteiger partial charge in [-0.05, 0) is 12.8 Å². The highest BCUT2D eigenvalue weighted by molar-refractivity contribution is 5.85. The first-order valence-corrected chi connectivity index (χ1v) is 3.25. The molecule has 0 rings (SSSR count). The van der Waals surface area contributed by atoms with E-state index in [4.69, 9.17) is 0 Å². The van der Waals surface area contributed by atoms with Crippen LogP contribution in [0.4, 0.5) is 0 Å². The molecule has 0 fully saturated rings. The molecule has 0 unspecified atom stereocenters. The second-order valence-electron chi connectivity index (χ2n) is 1.73. The van der Waals surface area contributed by atoms with E-state index in [-0.39, 0.29) is 24.8 Å². The van der Waals surface area contributed by atoms with Gasteiger partial charge in [-0.15, -0.1) is 24.8 Å². The molecular weight excluding hydrogens is 171 g/mol. The maximum atomic E-state index is 3.90. The van der Waals surface area contributed by atoms with Gasteiger partial charge in [-0.3, -0.25) is 0 Å². The van der Waals surface area contributed by atoms with E-state index >= 15 is 0 Å². The standard InChI is InChI=1S/C6H14N2.2ClH/c1-3-5-7-8-6-4-2;;/h3-6H2,1-2H3;2*1H. The molecule has 0 heterocycles. The van der Waals surface area contributed by atoms with Gasteiger partial charge >= 0.3 is 0 Å². The molecule has 2 nitrogen and oxygen atoms in total. The number of nitrogens with zero attached hydrogens (tertiary/aromatic N) is 2. The molecule has 0 aliphatic carbocycles. The highest BCUT2D eigenvalue weighted by Gasteiger charge is 1.73. The molecule has 0 radical (unpaired) electrons. The molecule has 0 aromatic carbocycles. The molecule has 0 aliphatic rings. The van der Waals surface area contributed by atoms with Crippen LogP contribution in [0.15, 0.2) is 10.2 Å². The molecule has 0 aromatic heterocycles. The van der Waals surface area contributed by atoms with E-state index in [1.807, 2.05) is 0 Å². The minimum absolute atomic E-state index is 0. The van der Waals surface area contributed by atoms with E-state index in [0.717, 1.165) is 25.9 Å². The van der Waals surface area contributed by atoms with Crippen LogP contribution >= 0.6 is 24.8 Å². The summed E-state index contributed by atoms with van der Waals surface area (Å²) in [4.78, 5) is 0. The Labute approximate surface area is 75.3 Å². The fourth-order valence-electron chi connectivity index (χ4n) is 0.341. The van der Waals surface area contributed by atoms with Gasteiger partial charge in [-0.2, -0.15) is 10.2 Å². The zero-order chi connectivity index (χ0) is 6.24. The summed E-state index contributed by atoms with van der Waals surface area (Å²) in [6.07, 6.45) is 2.21. The lowest BCUT2D eigenvalue weighted by molar-refractivity contribution is 0.792. The lowest BCUT2D eigenvalue weighted by atomic mass is 10.5. The molecule has 64 valence electrons. The van der Waals surface area contributed by atoms with Gasteiger partial charge < -0.3 is 0 Å². The SMILES string of the molecule is CCCN=NCCC.Cl.Cl. The molecule has 4 heteroatoms. The zero-order valence-corrected chi connectivity index (χ0v) is 8.17. The molecule has 0 aliphatic heterocycles. The fraction of sp³-hybridized carbons (Fsp3) is 1.00. The third-order valence-corrected chi connectivity index (χ3v) is 0.747. The van der Waals surface area contributed by atoms with Crippen molar-refractivity contribution in [3.8, 4) is 0 Å². The van der Waals surface area contributed by atoms with Crippen molar-refractivity contribution in [2.24, 2.45) is 10.2 Å².